The van der Waals surface area contributed by atoms with Crippen molar-refractivity contribution >= 4 is 40.6 Å². The number of hydrogen-bond donors (Lipinski definition) is 3. The summed E-state index contributed by atoms with van der Waals surface area (Å²) in [6, 6.07) is 7.19. The molecule has 0 aliphatic heterocycles. The maximum atomic E-state index is 13.2. The van der Waals surface area contributed by atoms with E-state index in [9.17, 15) is 14.0 Å². The van der Waals surface area contributed by atoms with E-state index >= 15 is 0 Å². The zero-order chi connectivity index (χ0) is 16.8. The van der Waals surface area contributed by atoms with Gasteiger partial charge in [0, 0.05) is 18.7 Å². The van der Waals surface area contributed by atoms with Crippen molar-refractivity contribution in [1.82, 2.24) is 10.6 Å². The van der Waals surface area contributed by atoms with E-state index in [1.807, 2.05) is 7.05 Å². The zero-order valence-electron chi connectivity index (χ0n) is 13.3. The molecule has 0 saturated carbocycles. The predicted molar refractivity (Wildman–Crippen MR) is 96.9 cm³/mol. The first-order valence-corrected chi connectivity index (χ1v) is 7.93. The number of amides is 2. The molecule has 24 heavy (non-hydrogen) atoms. The Bertz CT molecular complexity index is 721. The lowest BCUT2D eigenvalue weighted by Gasteiger charge is -2.03. The summed E-state index contributed by atoms with van der Waals surface area (Å²) in [6.45, 7) is 3.01. The lowest BCUT2D eigenvalue weighted by Crippen LogP contribution is -2.30. The Morgan fingerprint density at radius 1 is 1.17 bits per heavy atom. The Kier molecular flexibility index (Phi) is 7.84. The Balaban J connectivity index is 0.00000288. The fraction of sp³-hybridized carbons (Fsp3) is 0.250. The molecule has 8 heteroatoms. The van der Waals surface area contributed by atoms with Gasteiger partial charge in [-0.05, 0) is 43.8 Å². The molecule has 5 nitrogen and oxygen atoms in total. The van der Waals surface area contributed by atoms with Gasteiger partial charge < -0.3 is 16.0 Å². The lowest BCUT2D eigenvalue weighted by molar-refractivity contribution is 0.0956. The fourth-order valence-electron chi connectivity index (χ4n) is 1.96. The molecule has 0 unspecified atom stereocenters. The van der Waals surface area contributed by atoms with Gasteiger partial charge in [-0.3, -0.25) is 9.59 Å². The quantitative estimate of drug-likeness (QED) is 0.684. The summed E-state index contributed by atoms with van der Waals surface area (Å²) in [5.74, 6) is -1.05. The van der Waals surface area contributed by atoms with Crippen LogP contribution in [0.25, 0.3) is 0 Å². The smallest absolute Gasteiger partial charge is 0.261 e. The molecule has 1 aromatic heterocycles. The molecule has 3 N–H and O–H groups in total. The van der Waals surface area contributed by atoms with Crippen molar-refractivity contribution in [3.8, 4) is 0 Å². The van der Waals surface area contributed by atoms with Crippen molar-refractivity contribution in [1.29, 1.82) is 0 Å². The number of anilines is 1. The molecule has 0 spiro atoms. The molecule has 0 radical (unpaired) electrons. The molecule has 0 saturated heterocycles. The molecule has 0 bridgehead atoms. The molecule has 130 valence electrons. The summed E-state index contributed by atoms with van der Waals surface area (Å²) >= 11 is 1.19. The molecule has 2 aromatic rings. The van der Waals surface area contributed by atoms with Crippen LogP contribution in [0.2, 0.25) is 0 Å². The van der Waals surface area contributed by atoms with Crippen LogP contribution < -0.4 is 16.0 Å². The second-order valence-corrected chi connectivity index (χ2v) is 6.00. The normalized spacial score (nSPS) is 9.96. The van der Waals surface area contributed by atoms with Crippen molar-refractivity contribution < 1.29 is 14.0 Å². The van der Waals surface area contributed by atoms with Crippen LogP contribution in [0, 0.1) is 12.7 Å². The largest absolute Gasteiger partial charge is 0.350 e. The molecule has 0 fully saturated rings. The Labute approximate surface area is 150 Å². The average molecular weight is 372 g/mol. The zero-order valence-corrected chi connectivity index (χ0v) is 14.9. The van der Waals surface area contributed by atoms with Gasteiger partial charge >= 0.3 is 0 Å². The molecule has 2 rings (SSSR count). The molecular formula is C16H19ClFN3O2S. The van der Waals surface area contributed by atoms with Crippen molar-refractivity contribution in [2.75, 3.05) is 25.5 Å². The van der Waals surface area contributed by atoms with Crippen LogP contribution in [0.15, 0.2) is 30.3 Å². The van der Waals surface area contributed by atoms with Crippen LogP contribution in [-0.4, -0.2) is 32.0 Å². The molecule has 1 aromatic carbocycles. The maximum Gasteiger partial charge on any atom is 0.261 e. The van der Waals surface area contributed by atoms with Gasteiger partial charge in [-0.1, -0.05) is 6.07 Å². The van der Waals surface area contributed by atoms with E-state index in [4.69, 9.17) is 0 Å². The van der Waals surface area contributed by atoms with Crippen molar-refractivity contribution in [3.05, 3.63) is 52.2 Å². The summed E-state index contributed by atoms with van der Waals surface area (Å²) in [5.41, 5.74) is 1.02. The van der Waals surface area contributed by atoms with Crippen LogP contribution in [0.1, 0.15) is 25.6 Å². The van der Waals surface area contributed by atoms with E-state index in [1.165, 1.54) is 35.6 Å². The fourth-order valence-corrected chi connectivity index (χ4v) is 2.95. The summed E-state index contributed by atoms with van der Waals surface area (Å²) in [4.78, 5) is 24.7. The highest BCUT2D eigenvalue weighted by Crippen LogP contribution is 2.27. The number of hydrogen-bond acceptors (Lipinski definition) is 4. The molecule has 2 amide bonds. The van der Waals surface area contributed by atoms with Crippen LogP contribution in [0.5, 0.6) is 0 Å². The summed E-state index contributed by atoms with van der Waals surface area (Å²) in [6.07, 6.45) is 0. The number of rotatable bonds is 6. The van der Waals surface area contributed by atoms with Crippen LogP contribution in [-0.2, 0) is 0 Å². The third-order valence-corrected chi connectivity index (χ3v) is 4.26. The predicted octanol–water partition coefficient (Wildman–Crippen LogP) is 2.82. The van der Waals surface area contributed by atoms with E-state index in [0.717, 1.165) is 5.56 Å². The molecule has 1 heterocycles. The molecule has 0 atom stereocenters. The van der Waals surface area contributed by atoms with Crippen molar-refractivity contribution in [2.45, 2.75) is 6.92 Å². The SMILES string of the molecule is CNCCNC(=O)c1sc(NC(=O)c2cccc(F)c2)cc1C.Cl. The molecule has 0 aliphatic carbocycles. The molecule has 0 aliphatic rings. The Morgan fingerprint density at radius 2 is 1.92 bits per heavy atom. The number of carbonyl (C=O) groups is 2. The van der Waals surface area contributed by atoms with Crippen LogP contribution in [0.3, 0.4) is 0 Å². The number of halogens is 2. The summed E-state index contributed by atoms with van der Waals surface area (Å²) in [5, 5.41) is 8.98. The third kappa shape index (κ3) is 5.30. The highest BCUT2D eigenvalue weighted by molar-refractivity contribution is 7.18. The van der Waals surface area contributed by atoms with E-state index in [0.29, 0.717) is 23.0 Å². The van der Waals surface area contributed by atoms with Gasteiger partial charge in [-0.2, -0.15) is 0 Å². The minimum absolute atomic E-state index is 0. The number of thiophene rings is 1. The monoisotopic (exact) mass is 371 g/mol. The van der Waals surface area contributed by atoms with Gasteiger partial charge in [0.15, 0.2) is 0 Å². The van der Waals surface area contributed by atoms with E-state index in [1.54, 1.807) is 13.0 Å². The van der Waals surface area contributed by atoms with Crippen LogP contribution >= 0.6 is 23.7 Å². The first-order chi connectivity index (χ1) is 11.0. The minimum atomic E-state index is -0.468. The van der Waals surface area contributed by atoms with Gasteiger partial charge in [0.05, 0.1) is 9.88 Å². The van der Waals surface area contributed by atoms with Crippen molar-refractivity contribution in [2.24, 2.45) is 0 Å². The second kappa shape index (κ2) is 9.36. The standard InChI is InChI=1S/C16H18FN3O2S.ClH/c1-10-8-13(23-14(10)16(22)19-7-6-18-2)20-15(21)11-4-3-5-12(17)9-11;/h3-5,8-9,18H,6-7H2,1-2H3,(H,19,22)(H,20,21);1H. The van der Waals surface area contributed by atoms with Gasteiger partial charge in [0.25, 0.3) is 11.8 Å². The highest BCUT2D eigenvalue weighted by Gasteiger charge is 2.15. The molecular weight excluding hydrogens is 353 g/mol. The Hall–Kier alpha value is -1.96. The van der Waals surface area contributed by atoms with Gasteiger partial charge in [-0.15, -0.1) is 23.7 Å². The van der Waals surface area contributed by atoms with Crippen molar-refractivity contribution in [3.63, 3.8) is 0 Å². The highest BCUT2D eigenvalue weighted by atomic mass is 35.5. The van der Waals surface area contributed by atoms with Crippen LogP contribution in [0.4, 0.5) is 9.39 Å². The lowest BCUT2D eigenvalue weighted by atomic mass is 10.2. The van der Waals surface area contributed by atoms with E-state index < -0.39 is 11.7 Å². The topological polar surface area (TPSA) is 70.2 Å². The summed E-state index contributed by atoms with van der Waals surface area (Å²) in [7, 11) is 1.81. The first kappa shape index (κ1) is 20.1. The number of benzene rings is 1. The van der Waals surface area contributed by atoms with Gasteiger partial charge in [-0.25, -0.2) is 4.39 Å². The number of nitrogens with one attached hydrogen (secondary N) is 3. The van der Waals surface area contributed by atoms with Gasteiger partial charge in [0.1, 0.15) is 5.82 Å². The third-order valence-electron chi connectivity index (χ3n) is 3.11. The number of aryl methyl sites for hydroxylation is 1. The Morgan fingerprint density at radius 3 is 2.58 bits per heavy atom. The van der Waals surface area contributed by atoms with E-state index in [2.05, 4.69) is 16.0 Å². The average Bonchev–Trinajstić information content (AvgIpc) is 2.88. The number of likely N-dealkylation sites (N-methyl/N-ethyl adjacent to an activating group) is 1. The first-order valence-electron chi connectivity index (χ1n) is 7.11. The van der Waals surface area contributed by atoms with Gasteiger partial charge in [0.2, 0.25) is 0 Å². The minimum Gasteiger partial charge on any atom is -0.350 e. The second-order valence-electron chi connectivity index (χ2n) is 4.95. The van der Waals surface area contributed by atoms with E-state index in [-0.39, 0.29) is 23.9 Å². The summed E-state index contributed by atoms with van der Waals surface area (Å²) < 4.78 is 13.2. The maximum absolute atomic E-state index is 13.2. The number of carbonyl (C=O) groups excluding carboxylic acids is 2.